The number of hydrogen-bond acceptors (Lipinski definition) is 7. The number of rotatable bonds is 9. The number of aromatic nitrogens is 4. The van der Waals surface area contributed by atoms with Crippen LogP contribution in [-0.2, 0) is 17.9 Å². The van der Waals surface area contributed by atoms with Crippen LogP contribution in [0.25, 0.3) is 22.5 Å². The highest BCUT2D eigenvalue weighted by Gasteiger charge is 2.32. The number of hydrogen-bond donors (Lipinski definition) is 1. The summed E-state index contributed by atoms with van der Waals surface area (Å²) in [5.41, 5.74) is 5.04. The number of carbonyl (C=O) groups excluding carboxylic acids is 2. The fourth-order valence-corrected chi connectivity index (χ4v) is 4.90. The minimum Gasteiger partial charge on any atom is -0.489 e. The molecule has 1 aliphatic rings. The number of amides is 2. The van der Waals surface area contributed by atoms with Crippen molar-refractivity contribution in [3.05, 3.63) is 83.9 Å². The van der Waals surface area contributed by atoms with Crippen molar-refractivity contribution >= 4 is 12.0 Å². The van der Waals surface area contributed by atoms with Crippen molar-refractivity contribution in [1.82, 2.24) is 30.0 Å². The van der Waals surface area contributed by atoms with Gasteiger partial charge in [-0.05, 0) is 61.6 Å². The van der Waals surface area contributed by atoms with Crippen molar-refractivity contribution in [2.45, 2.75) is 59.3 Å². The number of nitrogens with zero attached hydrogens (tertiary/aromatic N) is 5. The lowest BCUT2D eigenvalue weighted by molar-refractivity contribution is 0.0508. The van der Waals surface area contributed by atoms with Crippen molar-refractivity contribution in [2.24, 2.45) is 0 Å². The molecule has 10 nitrogen and oxygen atoms in total. The molecule has 0 saturated heterocycles. The van der Waals surface area contributed by atoms with Gasteiger partial charge < -0.3 is 19.7 Å². The molecule has 0 spiro atoms. The van der Waals surface area contributed by atoms with E-state index in [2.05, 4.69) is 53.4 Å². The number of fused-ring (bicyclic) bond motifs is 1. The first-order valence-electron chi connectivity index (χ1n) is 14.5. The molecular formula is C33H38N6O4. The first kappa shape index (κ1) is 29.8. The van der Waals surface area contributed by atoms with E-state index in [9.17, 15) is 9.59 Å². The van der Waals surface area contributed by atoms with E-state index in [1.165, 1.54) is 11.9 Å². The highest BCUT2D eigenvalue weighted by Crippen LogP contribution is 2.36. The van der Waals surface area contributed by atoms with E-state index in [-0.39, 0.29) is 12.5 Å². The predicted molar refractivity (Wildman–Crippen MR) is 164 cm³/mol. The average molecular weight is 583 g/mol. The zero-order valence-corrected chi connectivity index (χ0v) is 25.3. The summed E-state index contributed by atoms with van der Waals surface area (Å²) in [6.07, 6.45) is 2.62. The molecule has 0 atom stereocenters. The van der Waals surface area contributed by atoms with Gasteiger partial charge in [-0.3, -0.25) is 9.48 Å². The van der Waals surface area contributed by atoms with Gasteiger partial charge in [0.25, 0.3) is 5.91 Å². The molecule has 1 aliphatic heterocycles. The summed E-state index contributed by atoms with van der Waals surface area (Å²) in [5, 5.41) is 7.54. The van der Waals surface area contributed by atoms with Crippen LogP contribution in [0.5, 0.6) is 5.75 Å². The third-order valence-electron chi connectivity index (χ3n) is 7.09. The van der Waals surface area contributed by atoms with Crippen LogP contribution < -0.4 is 10.1 Å². The monoisotopic (exact) mass is 582 g/mol. The summed E-state index contributed by atoms with van der Waals surface area (Å²) in [6.45, 7) is 11.8. The Morgan fingerprint density at radius 3 is 2.42 bits per heavy atom. The van der Waals surface area contributed by atoms with E-state index < -0.39 is 11.7 Å². The maximum Gasteiger partial charge on any atom is 0.407 e. The van der Waals surface area contributed by atoms with E-state index in [1.54, 1.807) is 21.8 Å². The Labute approximate surface area is 252 Å². The van der Waals surface area contributed by atoms with Crippen LogP contribution in [-0.4, -0.2) is 61.9 Å². The standard InChI is InChI=1S/C33H38N6O4/c1-22(2)24-8-6-23(7-9-24)20-42-26-12-10-25(11-13-26)28-29(27-14-15-34-21-36-27)37-39-19-18-38(31(40)30(28)39)17-16-35-32(41)43-33(3,4)5/h6-15,21-22H,16-20H2,1-5H3,(H,35,41). The lowest BCUT2D eigenvalue weighted by Crippen LogP contribution is -2.45. The van der Waals surface area contributed by atoms with Gasteiger partial charge in [0, 0.05) is 31.4 Å². The molecule has 4 aromatic rings. The molecule has 0 saturated carbocycles. The molecule has 1 N–H and O–H groups in total. The van der Waals surface area contributed by atoms with E-state index in [4.69, 9.17) is 14.6 Å². The summed E-state index contributed by atoms with van der Waals surface area (Å²) in [4.78, 5) is 36.1. The third-order valence-corrected chi connectivity index (χ3v) is 7.09. The first-order chi connectivity index (χ1) is 20.6. The van der Waals surface area contributed by atoms with Gasteiger partial charge in [-0.25, -0.2) is 14.8 Å². The van der Waals surface area contributed by atoms with Crippen LogP contribution >= 0.6 is 0 Å². The number of nitrogens with one attached hydrogen (secondary N) is 1. The second kappa shape index (κ2) is 12.6. The summed E-state index contributed by atoms with van der Waals surface area (Å²) >= 11 is 0. The van der Waals surface area contributed by atoms with Crippen LogP contribution in [0.2, 0.25) is 0 Å². The maximum atomic E-state index is 13.8. The Morgan fingerprint density at radius 1 is 1.02 bits per heavy atom. The zero-order valence-electron chi connectivity index (χ0n) is 25.3. The summed E-state index contributed by atoms with van der Waals surface area (Å²) in [7, 11) is 0. The SMILES string of the molecule is CC(C)c1ccc(COc2ccc(-c3c(-c4ccncn4)nn4c3C(=O)N(CCNC(=O)OC(C)(C)C)CC4)cc2)cc1. The molecule has 2 aromatic heterocycles. The Hall–Kier alpha value is -4.73. The number of alkyl carbamates (subject to hydrolysis) is 1. The molecule has 0 unspecified atom stereocenters. The molecule has 0 radical (unpaired) electrons. The van der Waals surface area contributed by atoms with Gasteiger partial charge in [-0.1, -0.05) is 50.2 Å². The van der Waals surface area contributed by atoms with Crippen LogP contribution in [0.1, 0.15) is 62.2 Å². The van der Waals surface area contributed by atoms with Gasteiger partial charge in [0.15, 0.2) is 0 Å². The second-order valence-electron chi connectivity index (χ2n) is 11.8. The quantitative estimate of drug-likeness (QED) is 0.270. The van der Waals surface area contributed by atoms with Crippen LogP contribution in [0, 0.1) is 0 Å². The molecule has 0 fully saturated rings. The zero-order chi connectivity index (χ0) is 30.6. The molecule has 43 heavy (non-hydrogen) atoms. The average Bonchev–Trinajstić information content (AvgIpc) is 3.38. The normalized spacial score (nSPS) is 13.2. The van der Waals surface area contributed by atoms with Crippen molar-refractivity contribution in [1.29, 1.82) is 0 Å². The lowest BCUT2D eigenvalue weighted by atomic mass is 9.99. The maximum absolute atomic E-state index is 13.8. The highest BCUT2D eigenvalue weighted by atomic mass is 16.6. The number of benzene rings is 2. The summed E-state index contributed by atoms with van der Waals surface area (Å²) in [5.74, 6) is 1.05. The molecular weight excluding hydrogens is 544 g/mol. The smallest absolute Gasteiger partial charge is 0.407 e. The van der Waals surface area contributed by atoms with Crippen LogP contribution in [0.3, 0.4) is 0 Å². The van der Waals surface area contributed by atoms with Gasteiger partial charge >= 0.3 is 6.09 Å². The van der Waals surface area contributed by atoms with Gasteiger partial charge in [0.05, 0.1) is 12.2 Å². The second-order valence-corrected chi connectivity index (χ2v) is 11.8. The first-order valence-corrected chi connectivity index (χ1v) is 14.5. The molecule has 10 heteroatoms. The third kappa shape index (κ3) is 7.20. The molecule has 0 bridgehead atoms. The molecule has 2 aromatic carbocycles. The van der Waals surface area contributed by atoms with E-state index in [0.717, 1.165) is 16.9 Å². The highest BCUT2D eigenvalue weighted by molar-refractivity contribution is 6.03. The Bertz CT molecular complexity index is 1560. The Kier molecular flexibility index (Phi) is 8.75. The fourth-order valence-electron chi connectivity index (χ4n) is 4.90. The van der Waals surface area contributed by atoms with Crippen molar-refractivity contribution in [2.75, 3.05) is 19.6 Å². The Balaban J connectivity index is 1.36. The van der Waals surface area contributed by atoms with E-state index in [1.807, 2.05) is 45.0 Å². The number of carbonyl (C=O) groups is 2. The van der Waals surface area contributed by atoms with Crippen molar-refractivity contribution in [3.8, 4) is 28.3 Å². The molecule has 3 heterocycles. The summed E-state index contributed by atoms with van der Waals surface area (Å²) < 4.78 is 13.1. The van der Waals surface area contributed by atoms with E-state index >= 15 is 0 Å². The lowest BCUT2D eigenvalue weighted by Gasteiger charge is -2.28. The van der Waals surface area contributed by atoms with Crippen LogP contribution in [0.15, 0.2) is 67.1 Å². The molecule has 0 aliphatic carbocycles. The van der Waals surface area contributed by atoms with Gasteiger partial charge in [-0.15, -0.1) is 0 Å². The van der Waals surface area contributed by atoms with Gasteiger partial charge in [-0.2, -0.15) is 5.10 Å². The van der Waals surface area contributed by atoms with Crippen molar-refractivity contribution in [3.63, 3.8) is 0 Å². The molecule has 224 valence electrons. The fraction of sp³-hybridized carbons (Fsp3) is 0.364. The number of ether oxygens (including phenoxy) is 2. The van der Waals surface area contributed by atoms with E-state index in [0.29, 0.717) is 54.8 Å². The van der Waals surface area contributed by atoms with Crippen molar-refractivity contribution < 1.29 is 19.1 Å². The molecule has 2 amide bonds. The van der Waals surface area contributed by atoms with Crippen LogP contribution in [0.4, 0.5) is 4.79 Å². The van der Waals surface area contributed by atoms with Gasteiger partial charge in [0.2, 0.25) is 0 Å². The largest absolute Gasteiger partial charge is 0.489 e. The Morgan fingerprint density at radius 2 is 1.77 bits per heavy atom. The predicted octanol–water partition coefficient (Wildman–Crippen LogP) is 5.69. The molecule has 5 rings (SSSR count). The minimum absolute atomic E-state index is 0.162. The minimum atomic E-state index is -0.594. The topological polar surface area (TPSA) is 111 Å². The summed E-state index contributed by atoms with van der Waals surface area (Å²) in [6, 6.07) is 17.9. The van der Waals surface area contributed by atoms with Gasteiger partial charge in [0.1, 0.15) is 35.7 Å².